The molecule has 2 aromatic carbocycles. The first-order valence-electron chi connectivity index (χ1n) is 12.2. The molecule has 3 N–H and O–H groups in total. The first-order valence-corrected chi connectivity index (χ1v) is 14.2. The summed E-state index contributed by atoms with van der Waals surface area (Å²) in [5.74, 6) is 0.345. The van der Waals surface area contributed by atoms with E-state index in [9.17, 15) is 18.0 Å². The maximum atomic E-state index is 13.3. The second-order valence-corrected chi connectivity index (χ2v) is 12.4. The van der Waals surface area contributed by atoms with Crippen LogP contribution in [0.1, 0.15) is 60.3 Å². The summed E-state index contributed by atoms with van der Waals surface area (Å²) in [6.45, 7) is 8.73. The number of anilines is 1. The average molecular weight is 610 g/mol. The molecule has 0 bridgehead atoms. The number of benzene rings is 2. The van der Waals surface area contributed by atoms with Crippen molar-refractivity contribution >= 4 is 50.0 Å². The first-order chi connectivity index (χ1) is 17.2. The molecule has 208 valence electrons. The summed E-state index contributed by atoms with van der Waals surface area (Å²) < 4.78 is 29.0. The molecule has 11 heteroatoms. The van der Waals surface area contributed by atoms with Gasteiger partial charge in [-0.2, -0.15) is 0 Å². The number of amides is 1. The van der Waals surface area contributed by atoms with Crippen molar-refractivity contribution in [2.75, 3.05) is 37.6 Å². The number of nitrogens with zero attached hydrogens (tertiary/aromatic N) is 1. The van der Waals surface area contributed by atoms with Crippen LogP contribution >= 0.6 is 17.0 Å². The predicted molar refractivity (Wildman–Crippen MR) is 156 cm³/mol. The maximum absolute atomic E-state index is 13.3. The molecule has 1 amide bonds. The molecule has 9 nitrogen and oxygen atoms in total. The van der Waals surface area contributed by atoms with Crippen LogP contribution in [0.3, 0.4) is 0 Å². The molecule has 0 aromatic heterocycles. The van der Waals surface area contributed by atoms with Crippen LogP contribution in [0.4, 0.5) is 5.69 Å². The Labute approximate surface area is 235 Å². The summed E-state index contributed by atoms with van der Waals surface area (Å²) in [5.41, 5.74) is 3.93. The highest BCUT2D eigenvalue weighted by atomic mass is 79.9. The van der Waals surface area contributed by atoms with Crippen LogP contribution in [0.15, 0.2) is 30.3 Å². The number of carbonyl (C=O) groups excluding carboxylic acids is 2. The Bertz CT molecular complexity index is 1340. The zero-order chi connectivity index (χ0) is 27.5. The van der Waals surface area contributed by atoms with E-state index in [1.807, 2.05) is 39.8 Å². The van der Waals surface area contributed by atoms with E-state index in [0.717, 1.165) is 17.4 Å². The lowest BCUT2D eigenvalue weighted by Crippen LogP contribution is -2.30. The summed E-state index contributed by atoms with van der Waals surface area (Å²) in [7, 11) is -1.64. The number of halogens is 1. The lowest BCUT2D eigenvalue weighted by atomic mass is 9.84. The zero-order valence-electron chi connectivity index (χ0n) is 22.7. The third-order valence-corrected chi connectivity index (χ3v) is 6.83. The van der Waals surface area contributed by atoms with E-state index in [1.165, 1.54) is 0 Å². The van der Waals surface area contributed by atoms with Crippen molar-refractivity contribution in [3.63, 3.8) is 0 Å². The highest BCUT2D eigenvalue weighted by Gasteiger charge is 2.29. The standard InChI is InChI=1S/C27H36N4O5S.BrH/c1-7-36-24-12-19-14-31(26(28)20(19)10-18(24)13-25(33)29-5)15-23(32)17-8-9-22(30-16-37(6,34)35)21(11-17)27(2,3)4;/h8-12,28,30H,7,13-16H2,1-6H3,(H,29,33);1H. The molecule has 2 aromatic rings. The van der Waals surface area contributed by atoms with Gasteiger partial charge in [0, 0.05) is 42.2 Å². The number of Topliss-reactive ketones (excluding diaryl/α,β-unsaturated/α-hetero) is 1. The SMILES string of the molecule is Br.CCOc1cc2c(cc1CC(=O)NC)C(=N)N(CC(=O)c1ccc(NCS(C)(=O)=O)c(C(C)(C)C)c1)C2. The molecular weight excluding hydrogens is 572 g/mol. The Kier molecular flexibility index (Phi) is 10.1. The van der Waals surface area contributed by atoms with Gasteiger partial charge in [-0.15, -0.1) is 17.0 Å². The quantitative estimate of drug-likeness (QED) is 0.351. The summed E-state index contributed by atoms with van der Waals surface area (Å²) in [6, 6.07) is 8.89. The second kappa shape index (κ2) is 12.3. The van der Waals surface area contributed by atoms with E-state index in [-0.39, 0.29) is 58.8 Å². The number of hydrogen-bond donors (Lipinski definition) is 3. The monoisotopic (exact) mass is 608 g/mol. The molecular formula is C27H37BrN4O5S. The number of ketones is 1. The number of likely N-dealkylation sites (N-methyl/N-ethyl adjacent to an activating group) is 1. The van der Waals surface area contributed by atoms with Crippen LogP contribution in [-0.4, -0.2) is 63.2 Å². The minimum absolute atomic E-state index is 0. The van der Waals surface area contributed by atoms with E-state index >= 15 is 0 Å². The summed E-state index contributed by atoms with van der Waals surface area (Å²) in [5, 5.41) is 14.3. The van der Waals surface area contributed by atoms with E-state index in [0.29, 0.717) is 41.3 Å². The van der Waals surface area contributed by atoms with Gasteiger partial charge < -0.3 is 20.3 Å². The number of rotatable bonds is 10. The van der Waals surface area contributed by atoms with Gasteiger partial charge in [-0.1, -0.05) is 20.8 Å². The Morgan fingerprint density at radius 3 is 2.42 bits per heavy atom. The molecule has 0 radical (unpaired) electrons. The van der Waals surface area contributed by atoms with Crippen LogP contribution in [0.25, 0.3) is 0 Å². The van der Waals surface area contributed by atoms with E-state index in [4.69, 9.17) is 10.1 Å². The maximum Gasteiger partial charge on any atom is 0.224 e. The van der Waals surface area contributed by atoms with Crippen LogP contribution in [0, 0.1) is 5.41 Å². The fourth-order valence-electron chi connectivity index (χ4n) is 4.26. The van der Waals surface area contributed by atoms with Crippen molar-refractivity contribution in [3.8, 4) is 5.75 Å². The Hall–Kier alpha value is -2.92. The number of amidine groups is 1. The summed E-state index contributed by atoms with van der Waals surface area (Å²) in [6.07, 6.45) is 1.30. The van der Waals surface area contributed by atoms with Gasteiger partial charge in [-0.25, -0.2) is 8.42 Å². The predicted octanol–water partition coefficient (Wildman–Crippen LogP) is 3.69. The first kappa shape index (κ1) is 31.3. The Balaban J connectivity index is 0.00000507. The van der Waals surface area contributed by atoms with Crippen molar-refractivity contribution in [1.29, 1.82) is 5.41 Å². The fourth-order valence-corrected chi connectivity index (χ4v) is 4.68. The van der Waals surface area contributed by atoms with Gasteiger partial charge in [0.1, 0.15) is 17.5 Å². The minimum Gasteiger partial charge on any atom is -0.494 e. The Morgan fingerprint density at radius 1 is 1.16 bits per heavy atom. The number of ether oxygens (including phenoxy) is 1. The molecule has 0 aliphatic carbocycles. The smallest absolute Gasteiger partial charge is 0.224 e. The summed E-state index contributed by atoms with van der Waals surface area (Å²) >= 11 is 0. The number of hydrogen-bond acceptors (Lipinski definition) is 7. The minimum atomic E-state index is -3.22. The third-order valence-electron chi connectivity index (χ3n) is 6.16. The van der Waals surface area contributed by atoms with Gasteiger partial charge in [0.2, 0.25) is 5.91 Å². The molecule has 0 fully saturated rings. The highest BCUT2D eigenvalue weighted by Crippen LogP contribution is 2.33. The molecule has 0 unspecified atom stereocenters. The van der Waals surface area contributed by atoms with E-state index in [2.05, 4.69) is 10.6 Å². The van der Waals surface area contributed by atoms with Crippen molar-refractivity contribution in [2.24, 2.45) is 0 Å². The molecule has 0 spiro atoms. The Morgan fingerprint density at radius 2 is 1.84 bits per heavy atom. The average Bonchev–Trinajstić information content (AvgIpc) is 3.10. The largest absolute Gasteiger partial charge is 0.494 e. The molecule has 0 atom stereocenters. The molecule has 1 aliphatic heterocycles. The van der Waals surface area contributed by atoms with E-state index in [1.54, 1.807) is 30.1 Å². The van der Waals surface area contributed by atoms with E-state index < -0.39 is 9.84 Å². The van der Waals surface area contributed by atoms with Crippen molar-refractivity contribution in [1.82, 2.24) is 10.2 Å². The highest BCUT2D eigenvalue weighted by molar-refractivity contribution is 8.93. The van der Waals surface area contributed by atoms with Crippen LogP contribution < -0.4 is 15.4 Å². The van der Waals surface area contributed by atoms with Crippen LogP contribution in [-0.2, 0) is 33.0 Å². The van der Waals surface area contributed by atoms with Crippen molar-refractivity contribution < 1.29 is 22.7 Å². The topological polar surface area (TPSA) is 129 Å². The third kappa shape index (κ3) is 7.57. The molecule has 3 rings (SSSR count). The molecule has 38 heavy (non-hydrogen) atoms. The zero-order valence-corrected chi connectivity index (χ0v) is 25.3. The van der Waals surface area contributed by atoms with Gasteiger partial charge in [0.05, 0.1) is 19.6 Å². The molecule has 1 aliphatic rings. The van der Waals surface area contributed by atoms with Gasteiger partial charge >= 0.3 is 0 Å². The normalized spacial score (nSPS) is 13.0. The van der Waals surface area contributed by atoms with Crippen molar-refractivity contribution in [2.45, 2.75) is 46.1 Å². The molecule has 0 saturated carbocycles. The lowest BCUT2D eigenvalue weighted by Gasteiger charge is -2.25. The molecule has 1 heterocycles. The number of sulfone groups is 1. The summed E-state index contributed by atoms with van der Waals surface area (Å²) in [4.78, 5) is 27.0. The molecule has 0 saturated heterocycles. The second-order valence-electron chi connectivity index (χ2n) is 10.3. The van der Waals surface area contributed by atoms with Crippen molar-refractivity contribution in [3.05, 3.63) is 58.1 Å². The van der Waals surface area contributed by atoms with Gasteiger partial charge in [-0.05, 0) is 53.8 Å². The van der Waals surface area contributed by atoms with Crippen LogP contribution in [0.5, 0.6) is 5.75 Å². The number of carbonyl (C=O) groups is 2. The number of nitrogens with one attached hydrogen (secondary N) is 3. The van der Waals surface area contributed by atoms with Gasteiger partial charge in [0.15, 0.2) is 15.6 Å². The van der Waals surface area contributed by atoms with Gasteiger partial charge in [-0.3, -0.25) is 15.0 Å². The van der Waals surface area contributed by atoms with Crippen LogP contribution in [0.2, 0.25) is 0 Å². The van der Waals surface area contributed by atoms with Gasteiger partial charge in [0.25, 0.3) is 0 Å². The number of fused-ring (bicyclic) bond motifs is 1. The lowest BCUT2D eigenvalue weighted by molar-refractivity contribution is -0.119. The fraction of sp³-hybridized carbons (Fsp3) is 0.444.